The van der Waals surface area contributed by atoms with Gasteiger partial charge in [-0.1, -0.05) is 37.6 Å². The highest BCUT2D eigenvalue weighted by molar-refractivity contribution is 6.30. The van der Waals surface area contributed by atoms with Crippen molar-refractivity contribution < 1.29 is 19.5 Å². The fourth-order valence-corrected chi connectivity index (χ4v) is 5.40. The number of halogens is 1. The first-order valence-electron chi connectivity index (χ1n) is 11.5. The van der Waals surface area contributed by atoms with Crippen LogP contribution in [0.2, 0.25) is 5.02 Å². The molecule has 4 rings (SSSR count). The predicted molar refractivity (Wildman–Crippen MR) is 121 cm³/mol. The van der Waals surface area contributed by atoms with Gasteiger partial charge in [-0.15, -0.1) is 0 Å². The van der Waals surface area contributed by atoms with E-state index in [0.29, 0.717) is 50.6 Å². The first-order chi connectivity index (χ1) is 15.2. The molecule has 3 fully saturated rings. The van der Waals surface area contributed by atoms with E-state index in [2.05, 4.69) is 19.2 Å². The molecule has 3 atom stereocenters. The maximum Gasteiger partial charge on any atom is 0.404 e. The van der Waals surface area contributed by atoms with Gasteiger partial charge in [-0.3, -0.25) is 9.59 Å². The largest absolute Gasteiger partial charge is 0.465 e. The third-order valence-corrected chi connectivity index (χ3v) is 7.79. The number of amides is 3. The van der Waals surface area contributed by atoms with Crippen LogP contribution in [0.5, 0.6) is 0 Å². The van der Waals surface area contributed by atoms with E-state index < -0.39 is 6.09 Å². The first kappa shape index (κ1) is 22.9. The second-order valence-corrected chi connectivity index (χ2v) is 10.6. The molecule has 2 aliphatic heterocycles. The Kier molecular flexibility index (Phi) is 6.39. The summed E-state index contributed by atoms with van der Waals surface area (Å²) in [4.78, 5) is 40.8. The highest BCUT2D eigenvalue weighted by Gasteiger charge is 2.52. The molecule has 1 saturated carbocycles. The Morgan fingerprint density at radius 2 is 1.69 bits per heavy atom. The minimum atomic E-state index is -1.06. The zero-order valence-corrected chi connectivity index (χ0v) is 19.5. The van der Waals surface area contributed by atoms with Gasteiger partial charge in [0.15, 0.2) is 0 Å². The van der Waals surface area contributed by atoms with Crippen molar-refractivity contribution in [1.29, 1.82) is 0 Å². The molecular formula is C24H32ClN3O4. The lowest BCUT2D eigenvalue weighted by atomic mass is 9.89. The van der Waals surface area contributed by atoms with Gasteiger partial charge < -0.3 is 20.2 Å². The van der Waals surface area contributed by atoms with E-state index in [1.54, 1.807) is 0 Å². The standard InChI is InChI=1S/C24H32ClN3O4/c1-24(2)11-20(24)22(30)27-9-7-16(8-10-27)21(29)28-13-17(12-26-23(31)32)19(14-28)15-3-5-18(25)6-4-15/h3-6,16-17,19-20,26H,7-14H2,1-2H3,(H,31,32)/t17-,19-,20?/m0/s1. The molecule has 3 amide bonds. The van der Waals surface area contributed by atoms with Gasteiger partial charge in [-0.25, -0.2) is 4.79 Å². The van der Waals surface area contributed by atoms with E-state index >= 15 is 0 Å². The van der Waals surface area contributed by atoms with E-state index in [9.17, 15) is 14.4 Å². The van der Waals surface area contributed by atoms with Gasteiger partial charge in [0.25, 0.3) is 0 Å². The minimum Gasteiger partial charge on any atom is -0.465 e. The quantitative estimate of drug-likeness (QED) is 0.702. The van der Waals surface area contributed by atoms with E-state index in [0.717, 1.165) is 12.0 Å². The molecule has 2 heterocycles. The van der Waals surface area contributed by atoms with E-state index in [1.807, 2.05) is 34.1 Å². The lowest BCUT2D eigenvalue weighted by Crippen LogP contribution is -2.45. The summed E-state index contributed by atoms with van der Waals surface area (Å²) >= 11 is 6.03. The lowest BCUT2D eigenvalue weighted by molar-refractivity contribution is -0.141. The topological polar surface area (TPSA) is 90.0 Å². The lowest BCUT2D eigenvalue weighted by Gasteiger charge is -2.33. The van der Waals surface area contributed by atoms with Crippen molar-refractivity contribution in [2.45, 2.75) is 39.0 Å². The van der Waals surface area contributed by atoms with Crippen LogP contribution in [0.1, 0.15) is 44.6 Å². The summed E-state index contributed by atoms with van der Waals surface area (Å²) in [6.07, 6.45) is 1.28. The van der Waals surface area contributed by atoms with Crippen LogP contribution >= 0.6 is 11.6 Å². The minimum absolute atomic E-state index is 0.00925. The van der Waals surface area contributed by atoms with Crippen molar-refractivity contribution in [3.8, 4) is 0 Å². The number of hydrogen-bond acceptors (Lipinski definition) is 3. The van der Waals surface area contributed by atoms with Gasteiger partial charge in [0, 0.05) is 61.4 Å². The molecule has 2 N–H and O–H groups in total. The number of carbonyl (C=O) groups is 3. The van der Waals surface area contributed by atoms with Crippen molar-refractivity contribution in [2.75, 3.05) is 32.7 Å². The fraction of sp³-hybridized carbons (Fsp3) is 0.625. The molecule has 0 bridgehead atoms. The second kappa shape index (κ2) is 8.93. The third-order valence-electron chi connectivity index (χ3n) is 7.53. The molecule has 32 heavy (non-hydrogen) atoms. The SMILES string of the molecule is CC1(C)CC1C(=O)N1CCC(C(=O)N2C[C@H](CNC(=O)O)[C@H](c3ccc(Cl)cc3)C2)CC1. The third kappa shape index (κ3) is 4.87. The number of carboxylic acid groups (broad SMARTS) is 1. The summed E-state index contributed by atoms with van der Waals surface area (Å²) in [5, 5.41) is 12.2. The molecule has 1 aromatic carbocycles. The number of nitrogens with zero attached hydrogens (tertiary/aromatic N) is 2. The molecule has 8 heteroatoms. The predicted octanol–water partition coefficient (Wildman–Crippen LogP) is 3.43. The summed E-state index contributed by atoms with van der Waals surface area (Å²) in [7, 11) is 0. The van der Waals surface area contributed by atoms with Crippen LogP contribution in [0.25, 0.3) is 0 Å². The van der Waals surface area contributed by atoms with Crippen molar-refractivity contribution >= 4 is 29.5 Å². The van der Waals surface area contributed by atoms with Crippen LogP contribution in [-0.4, -0.2) is 65.5 Å². The van der Waals surface area contributed by atoms with E-state index in [-0.39, 0.29) is 40.9 Å². The number of hydrogen-bond donors (Lipinski definition) is 2. The number of rotatable bonds is 5. The van der Waals surface area contributed by atoms with Gasteiger partial charge in [-0.05, 0) is 42.4 Å². The average Bonchev–Trinajstić information content (AvgIpc) is 3.20. The van der Waals surface area contributed by atoms with Crippen molar-refractivity contribution in [2.24, 2.45) is 23.2 Å². The number of nitrogens with one attached hydrogen (secondary N) is 1. The van der Waals surface area contributed by atoms with Gasteiger partial charge in [0.2, 0.25) is 11.8 Å². The molecule has 2 saturated heterocycles. The molecular weight excluding hydrogens is 430 g/mol. The molecule has 1 aliphatic carbocycles. The van der Waals surface area contributed by atoms with Gasteiger partial charge in [0.05, 0.1) is 0 Å². The van der Waals surface area contributed by atoms with Crippen molar-refractivity contribution in [3.63, 3.8) is 0 Å². The van der Waals surface area contributed by atoms with Crippen LogP contribution in [0.3, 0.4) is 0 Å². The van der Waals surface area contributed by atoms with Crippen LogP contribution in [0.15, 0.2) is 24.3 Å². The summed E-state index contributed by atoms with van der Waals surface area (Å²) < 4.78 is 0. The smallest absolute Gasteiger partial charge is 0.404 e. The Bertz CT molecular complexity index is 880. The van der Waals surface area contributed by atoms with Crippen molar-refractivity contribution in [1.82, 2.24) is 15.1 Å². The zero-order chi connectivity index (χ0) is 23.0. The number of benzene rings is 1. The molecule has 174 valence electrons. The maximum atomic E-state index is 13.3. The normalized spacial score (nSPS) is 27.3. The number of piperidine rings is 1. The molecule has 1 unspecified atom stereocenters. The van der Waals surface area contributed by atoms with Crippen LogP contribution in [0.4, 0.5) is 4.79 Å². The van der Waals surface area contributed by atoms with Crippen LogP contribution < -0.4 is 5.32 Å². The Morgan fingerprint density at radius 1 is 1.06 bits per heavy atom. The second-order valence-electron chi connectivity index (χ2n) is 10.2. The molecule has 0 radical (unpaired) electrons. The Balaban J connectivity index is 1.37. The summed E-state index contributed by atoms with van der Waals surface area (Å²) in [5.74, 6) is 0.487. The average molecular weight is 462 g/mol. The van der Waals surface area contributed by atoms with Crippen LogP contribution in [0, 0.1) is 23.2 Å². The summed E-state index contributed by atoms with van der Waals surface area (Å²) in [6, 6.07) is 7.57. The highest BCUT2D eigenvalue weighted by Crippen LogP contribution is 2.52. The molecule has 0 spiro atoms. The van der Waals surface area contributed by atoms with E-state index in [4.69, 9.17) is 16.7 Å². The van der Waals surface area contributed by atoms with E-state index in [1.165, 1.54) is 0 Å². The monoisotopic (exact) mass is 461 g/mol. The molecule has 1 aromatic rings. The number of carbonyl (C=O) groups excluding carboxylic acids is 2. The number of likely N-dealkylation sites (tertiary alicyclic amines) is 2. The van der Waals surface area contributed by atoms with Gasteiger partial charge >= 0.3 is 6.09 Å². The van der Waals surface area contributed by atoms with Crippen LogP contribution in [-0.2, 0) is 9.59 Å². The summed E-state index contributed by atoms with van der Waals surface area (Å²) in [6.45, 7) is 6.94. The Labute approximate surface area is 194 Å². The molecule has 0 aromatic heterocycles. The fourth-order valence-electron chi connectivity index (χ4n) is 5.28. The highest BCUT2D eigenvalue weighted by atomic mass is 35.5. The molecule has 7 nitrogen and oxygen atoms in total. The van der Waals surface area contributed by atoms with Crippen molar-refractivity contribution in [3.05, 3.63) is 34.9 Å². The summed E-state index contributed by atoms with van der Waals surface area (Å²) in [5.41, 5.74) is 1.18. The Morgan fingerprint density at radius 3 is 2.25 bits per heavy atom. The van der Waals surface area contributed by atoms with Gasteiger partial charge in [-0.2, -0.15) is 0 Å². The Hall–Kier alpha value is -2.28. The van der Waals surface area contributed by atoms with Gasteiger partial charge in [0.1, 0.15) is 0 Å². The zero-order valence-electron chi connectivity index (χ0n) is 18.7. The molecule has 3 aliphatic rings. The first-order valence-corrected chi connectivity index (χ1v) is 11.8. The maximum absolute atomic E-state index is 13.3.